The summed E-state index contributed by atoms with van der Waals surface area (Å²) < 4.78 is 12.6. The fourth-order valence-corrected chi connectivity index (χ4v) is 3.56. The Kier molecular flexibility index (Phi) is 8.35. The van der Waals surface area contributed by atoms with E-state index < -0.39 is 18.9 Å². The standard InChI is InChI=1S/C21H30BN5O5/c1-4-5-11-31-21(29)18-8-6-7-15-12-16(22(30)32-20(15)18)13-17(28)14-19-23-24-25-27(19)10-9-26(2)3/h6-8,16,30H,4-5,9-14H2,1-3H3/t16-/m1/s1. The lowest BCUT2D eigenvalue weighted by molar-refractivity contribution is -0.118. The van der Waals surface area contributed by atoms with Crippen molar-refractivity contribution in [2.24, 2.45) is 0 Å². The third kappa shape index (κ3) is 6.13. The molecular weight excluding hydrogens is 413 g/mol. The Balaban J connectivity index is 1.63. The summed E-state index contributed by atoms with van der Waals surface area (Å²) >= 11 is 0. The molecule has 2 aromatic rings. The molecule has 2 heterocycles. The fourth-order valence-electron chi connectivity index (χ4n) is 3.56. The second-order valence-electron chi connectivity index (χ2n) is 8.30. The average Bonchev–Trinajstić information content (AvgIpc) is 3.19. The van der Waals surface area contributed by atoms with Crippen LogP contribution in [0.25, 0.3) is 0 Å². The summed E-state index contributed by atoms with van der Waals surface area (Å²) in [5.74, 6) is -0.149. The maximum Gasteiger partial charge on any atom is 0.526 e. The number of carbonyl (C=O) groups excluding carboxylic acids is 2. The average molecular weight is 443 g/mol. The molecule has 3 rings (SSSR count). The van der Waals surface area contributed by atoms with Crippen LogP contribution in [0.15, 0.2) is 18.2 Å². The largest absolute Gasteiger partial charge is 0.535 e. The number of fused-ring (bicyclic) bond motifs is 1. The zero-order valence-electron chi connectivity index (χ0n) is 18.9. The normalized spacial score (nSPS) is 15.4. The highest BCUT2D eigenvalue weighted by Gasteiger charge is 2.38. The van der Waals surface area contributed by atoms with Crippen LogP contribution in [0.4, 0.5) is 0 Å². The molecule has 1 aliphatic rings. The van der Waals surface area contributed by atoms with E-state index in [9.17, 15) is 14.6 Å². The molecule has 1 aromatic heterocycles. The SMILES string of the molecule is CCCCOC(=O)c1cccc2c1OB(O)[C@@H](CC(=O)Cc1nnnn1CCN(C)C)C2. The lowest BCUT2D eigenvalue weighted by atomic mass is 9.64. The Bertz CT molecular complexity index is 935. The first-order chi connectivity index (χ1) is 15.4. The third-order valence-electron chi connectivity index (χ3n) is 5.38. The van der Waals surface area contributed by atoms with Gasteiger partial charge in [0.15, 0.2) is 5.82 Å². The molecule has 0 saturated carbocycles. The van der Waals surface area contributed by atoms with Gasteiger partial charge in [0.1, 0.15) is 17.1 Å². The zero-order chi connectivity index (χ0) is 23.1. The van der Waals surface area contributed by atoms with Crippen LogP contribution in [-0.2, 0) is 28.9 Å². The summed E-state index contributed by atoms with van der Waals surface area (Å²) in [5.41, 5.74) is 1.07. The number of aromatic nitrogens is 4. The van der Waals surface area contributed by atoms with Crippen LogP contribution < -0.4 is 4.65 Å². The van der Waals surface area contributed by atoms with Crippen LogP contribution in [0.5, 0.6) is 5.75 Å². The molecule has 0 fully saturated rings. The van der Waals surface area contributed by atoms with Gasteiger partial charge in [0.25, 0.3) is 0 Å². The highest BCUT2D eigenvalue weighted by molar-refractivity contribution is 6.47. The van der Waals surface area contributed by atoms with Crippen molar-refractivity contribution in [3.8, 4) is 5.75 Å². The Labute approximate surface area is 188 Å². The van der Waals surface area contributed by atoms with Gasteiger partial charge >= 0.3 is 13.1 Å². The van der Waals surface area contributed by atoms with Gasteiger partial charge in [0.2, 0.25) is 0 Å². The number of esters is 1. The van der Waals surface area contributed by atoms with Crippen molar-refractivity contribution in [3.05, 3.63) is 35.2 Å². The van der Waals surface area contributed by atoms with Gasteiger partial charge in [-0.05, 0) is 49.0 Å². The summed E-state index contributed by atoms with van der Waals surface area (Å²) in [6, 6.07) is 5.22. The van der Waals surface area contributed by atoms with Gasteiger partial charge in [-0.1, -0.05) is 25.5 Å². The molecule has 0 bridgehead atoms. The predicted molar refractivity (Wildman–Crippen MR) is 117 cm³/mol. The molecule has 0 radical (unpaired) electrons. The van der Waals surface area contributed by atoms with Gasteiger partial charge in [0, 0.05) is 18.8 Å². The maximum absolute atomic E-state index is 12.7. The van der Waals surface area contributed by atoms with Gasteiger partial charge in [-0.3, -0.25) is 4.79 Å². The van der Waals surface area contributed by atoms with E-state index in [2.05, 4.69) is 15.5 Å². The molecule has 0 unspecified atom stereocenters. The van der Waals surface area contributed by atoms with E-state index in [-0.39, 0.29) is 18.6 Å². The monoisotopic (exact) mass is 443 g/mol. The molecule has 0 aliphatic carbocycles. The molecular formula is C21H30BN5O5. The van der Waals surface area contributed by atoms with Gasteiger partial charge in [0.05, 0.1) is 19.6 Å². The second-order valence-corrected chi connectivity index (χ2v) is 8.30. The molecule has 10 nitrogen and oxygen atoms in total. The number of benzene rings is 1. The zero-order valence-corrected chi connectivity index (χ0v) is 18.9. The van der Waals surface area contributed by atoms with E-state index in [1.165, 1.54) is 0 Å². The lowest BCUT2D eigenvalue weighted by Crippen LogP contribution is -2.36. The van der Waals surface area contributed by atoms with E-state index in [1.807, 2.05) is 32.0 Å². The number of unbranched alkanes of at least 4 members (excludes halogenated alkanes) is 1. The van der Waals surface area contributed by atoms with Crippen LogP contribution in [0, 0.1) is 0 Å². The number of hydrogen-bond acceptors (Lipinski definition) is 9. The number of tetrazole rings is 1. The van der Waals surface area contributed by atoms with Crippen molar-refractivity contribution in [2.45, 2.75) is 51.4 Å². The number of ketones is 1. The maximum atomic E-state index is 12.7. The first-order valence-electron chi connectivity index (χ1n) is 10.9. The van der Waals surface area contributed by atoms with Crippen molar-refractivity contribution in [2.75, 3.05) is 27.2 Å². The number of hydrogen-bond donors (Lipinski definition) is 1. The van der Waals surface area contributed by atoms with Crippen LogP contribution in [0.1, 0.15) is 47.9 Å². The van der Waals surface area contributed by atoms with Crippen molar-refractivity contribution in [1.82, 2.24) is 25.1 Å². The number of para-hydroxylation sites is 1. The summed E-state index contributed by atoms with van der Waals surface area (Å²) in [7, 11) is 2.71. The highest BCUT2D eigenvalue weighted by atomic mass is 16.5. The van der Waals surface area contributed by atoms with Crippen LogP contribution >= 0.6 is 0 Å². The first kappa shape index (κ1) is 23.9. The summed E-state index contributed by atoms with van der Waals surface area (Å²) in [4.78, 5) is 27.1. The van der Waals surface area contributed by atoms with E-state index in [0.717, 1.165) is 24.9 Å². The van der Waals surface area contributed by atoms with E-state index >= 15 is 0 Å². The smallest absolute Gasteiger partial charge is 0.526 e. The minimum atomic E-state index is -1.19. The summed E-state index contributed by atoms with van der Waals surface area (Å²) in [6.07, 6.45) is 2.33. The van der Waals surface area contributed by atoms with Crippen LogP contribution in [0.3, 0.4) is 0 Å². The number of ether oxygens (including phenoxy) is 1. The third-order valence-corrected chi connectivity index (χ3v) is 5.38. The quantitative estimate of drug-likeness (QED) is 0.310. The van der Waals surface area contributed by atoms with Crippen molar-refractivity contribution in [1.29, 1.82) is 0 Å². The Morgan fingerprint density at radius 1 is 1.38 bits per heavy atom. The molecule has 1 N–H and O–H groups in total. The lowest BCUT2D eigenvalue weighted by Gasteiger charge is -2.28. The number of Topliss-reactive ketones (excluding diaryl/α,β-unsaturated/α-hetero) is 1. The molecule has 32 heavy (non-hydrogen) atoms. The van der Waals surface area contributed by atoms with E-state index in [4.69, 9.17) is 9.39 Å². The van der Waals surface area contributed by atoms with Gasteiger partial charge in [-0.2, -0.15) is 0 Å². The molecule has 0 spiro atoms. The van der Waals surface area contributed by atoms with Gasteiger partial charge in [-0.25, -0.2) is 9.48 Å². The Hall–Kier alpha value is -2.79. The topological polar surface area (TPSA) is 120 Å². The van der Waals surface area contributed by atoms with Crippen LogP contribution in [0.2, 0.25) is 5.82 Å². The first-order valence-corrected chi connectivity index (χ1v) is 10.9. The molecule has 172 valence electrons. The molecule has 1 aromatic carbocycles. The van der Waals surface area contributed by atoms with E-state index in [0.29, 0.717) is 36.7 Å². The number of likely N-dealkylation sites (N-methyl/N-ethyl adjacent to an activating group) is 1. The molecule has 0 amide bonds. The summed E-state index contributed by atoms with van der Waals surface area (Å²) in [6.45, 7) is 3.69. The Morgan fingerprint density at radius 3 is 2.94 bits per heavy atom. The minimum absolute atomic E-state index is 0.0836. The molecule has 1 aliphatic heterocycles. The number of carbonyl (C=O) groups is 2. The van der Waals surface area contributed by atoms with Crippen molar-refractivity contribution >= 4 is 18.9 Å². The Morgan fingerprint density at radius 2 is 2.19 bits per heavy atom. The van der Waals surface area contributed by atoms with E-state index in [1.54, 1.807) is 16.8 Å². The summed E-state index contributed by atoms with van der Waals surface area (Å²) in [5, 5.41) is 22.1. The van der Waals surface area contributed by atoms with Crippen molar-refractivity contribution in [3.63, 3.8) is 0 Å². The molecule has 1 atom stereocenters. The number of nitrogens with zero attached hydrogens (tertiary/aromatic N) is 5. The minimum Gasteiger partial charge on any atom is -0.535 e. The molecule has 0 saturated heterocycles. The number of rotatable bonds is 11. The fraction of sp³-hybridized carbons (Fsp3) is 0.571. The van der Waals surface area contributed by atoms with Gasteiger partial charge in [-0.15, -0.1) is 5.10 Å². The highest BCUT2D eigenvalue weighted by Crippen LogP contribution is 2.36. The van der Waals surface area contributed by atoms with Gasteiger partial charge < -0.3 is 19.3 Å². The predicted octanol–water partition coefficient (Wildman–Crippen LogP) is 1.18. The van der Waals surface area contributed by atoms with Crippen LogP contribution in [-0.4, -0.2) is 76.2 Å². The van der Waals surface area contributed by atoms with Crippen molar-refractivity contribution < 1.29 is 24.0 Å². The molecule has 11 heteroatoms. The second kappa shape index (κ2) is 11.2.